The lowest BCUT2D eigenvalue weighted by molar-refractivity contribution is -0.0168. The second-order valence-electron chi connectivity index (χ2n) is 4.79. The van der Waals surface area contributed by atoms with Gasteiger partial charge in [-0.3, -0.25) is 0 Å². The first-order valence-corrected chi connectivity index (χ1v) is 5.80. The minimum atomic E-state index is -0.171. The maximum atomic E-state index is 5.65. The molecule has 0 aliphatic rings. The average molecular weight is 255 g/mol. The summed E-state index contributed by atoms with van der Waals surface area (Å²) in [6.45, 7) is 7.19. The molecule has 2 N–H and O–H groups in total. The van der Waals surface area contributed by atoms with E-state index in [0.717, 1.165) is 0 Å². The van der Waals surface area contributed by atoms with Crippen molar-refractivity contribution in [3.63, 3.8) is 0 Å². The summed E-state index contributed by atoms with van der Waals surface area (Å²) in [7, 11) is 1.57. The highest BCUT2D eigenvalue weighted by Gasteiger charge is 2.10. The van der Waals surface area contributed by atoms with Crippen LogP contribution in [0.1, 0.15) is 26.6 Å². The van der Waals surface area contributed by atoms with E-state index in [1.165, 1.54) is 0 Å². The number of anilines is 1. The molecule has 0 saturated carbocycles. The van der Waals surface area contributed by atoms with Gasteiger partial charge >= 0.3 is 0 Å². The lowest BCUT2D eigenvalue weighted by atomic mass is 10.2. The van der Waals surface area contributed by atoms with E-state index in [1.807, 2.05) is 20.8 Å². The number of nitrogen functional groups attached to an aromatic ring is 1. The van der Waals surface area contributed by atoms with Crippen molar-refractivity contribution < 1.29 is 14.2 Å². The zero-order valence-electron chi connectivity index (χ0n) is 11.4. The summed E-state index contributed by atoms with van der Waals surface area (Å²) in [6, 6.07) is 1.58. The van der Waals surface area contributed by atoms with Crippen LogP contribution in [0.3, 0.4) is 0 Å². The number of nitrogens with zero attached hydrogens (tertiary/aromatic N) is 2. The first kappa shape index (κ1) is 14.7. The molecule has 0 atom stereocenters. The van der Waals surface area contributed by atoms with Crippen LogP contribution >= 0.6 is 0 Å². The largest absolute Gasteiger partial charge is 0.475 e. The molecule has 0 aliphatic heterocycles. The first-order chi connectivity index (χ1) is 8.40. The summed E-state index contributed by atoms with van der Waals surface area (Å²) in [5.74, 6) is 1.31. The van der Waals surface area contributed by atoms with Crippen LogP contribution in [0.4, 0.5) is 5.82 Å². The van der Waals surface area contributed by atoms with Crippen molar-refractivity contribution in [2.24, 2.45) is 0 Å². The van der Waals surface area contributed by atoms with E-state index in [1.54, 1.807) is 13.2 Å². The number of methoxy groups -OCH3 is 1. The summed E-state index contributed by atoms with van der Waals surface area (Å²) in [5, 5.41) is 0. The Balaban J connectivity index is 2.46. The predicted octanol–water partition coefficient (Wildman–Crippen LogP) is 1.40. The molecule has 0 aromatic carbocycles. The lowest BCUT2D eigenvalue weighted by Gasteiger charge is -2.19. The normalized spacial score (nSPS) is 11.6. The summed E-state index contributed by atoms with van der Waals surface area (Å²) >= 11 is 0. The molecule has 0 bridgehead atoms. The standard InChI is InChI=1S/C12H21N3O3/c1-12(2,3)18-6-5-17-11-7-9(13)14-10(15-11)8-16-4/h7H,5-6,8H2,1-4H3,(H2,13,14,15). The Morgan fingerprint density at radius 2 is 1.94 bits per heavy atom. The van der Waals surface area contributed by atoms with E-state index in [4.69, 9.17) is 19.9 Å². The van der Waals surface area contributed by atoms with E-state index in [0.29, 0.717) is 37.3 Å². The Kier molecular flexibility index (Phi) is 5.30. The minimum absolute atomic E-state index is 0.171. The highest BCUT2D eigenvalue weighted by Crippen LogP contribution is 2.12. The van der Waals surface area contributed by atoms with Crippen molar-refractivity contribution in [1.29, 1.82) is 0 Å². The first-order valence-electron chi connectivity index (χ1n) is 5.80. The average Bonchev–Trinajstić information content (AvgIpc) is 2.23. The molecule has 1 aromatic heterocycles. The topological polar surface area (TPSA) is 79.5 Å². The number of hydrogen-bond donors (Lipinski definition) is 1. The second-order valence-corrected chi connectivity index (χ2v) is 4.79. The second kappa shape index (κ2) is 6.51. The predicted molar refractivity (Wildman–Crippen MR) is 68.4 cm³/mol. The Bertz CT molecular complexity index is 377. The molecule has 0 aliphatic carbocycles. The summed E-state index contributed by atoms with van der Waals surface area (Å²) in [4.78, 5) is 8.18. The molecular weight excluding hydrogens is 234 g/mol. The van der Waals surface area contributed by atoms with E-state index in [9.17, 15) is 0 Å². The summed E-state index contributed by atoms with van der Waals surface area (Å²) < 4.78 is 15.9. The van der Waals surface area contributed by atoms with Crippen LogP contribution in [0.2, 0.25) is 0 Å². The van der Waals surface area contributed by atoms with E-state index in [2.05, 4.69) is 9.97 Å². The van der Waals surface area contributed by atoms with Gasteiger partial charge in [0.1, 0.15) is 19.0 Å². The van der Waals surface area contributed by atoms with Gasteiger partial charge in [0.05, 0.1) is 12.2 Å². The highest BCUT2D eigenvalue weighted by molar-refractivity contribution is 5.32. The van der Waals surface area contributed by atoms with Crippen LogP contribution in [-0.2, 0) is 16.1 Å². The summed E-state index contributed by atoms with van der Waals surface area (Å²) in [6.07, 6.45) is 0. The third kappa shape index (κ3) is 5.79. The monoisotopic (exact) mass is 255 g/mol. The van der Waals surface area contributed by atoms with Crippen LogP contribution < -0.4 is 10.5 Å². The van der Waals surface area contributed by atoms with Gasteiger partial charge in [0.25, 0.3) is 0 Å². The molecule has 1 rings (SSSR count). The van der Waals surface area contributed by atoms with Gasteiger partial charge in [0, 0.05) is 13.2 Å². The van der Waals surface area contributed by atoms with Gasteiger partial charge in [-0.15, -0.1) is 0 Å². The van der Waals surface area contributed by atoms with Gasteiger partial charge in [0.2, 0.25) is 5.88 Å². The molecule has 0 spiro atoms. The molecule has 0 radical (unpaired) electrons. The highest BCUT2D eigenvalue weighted by atomic mass is 16.5. The van der Waals surface area contributed by atoms with Crippen molar-refractivity contribution in [2.75, 3.05) is 26.1 Å². The molecule has 1 aromatic rings. The zero-order valence-corrected chi connectivity index (χ0v) is 11.4. The van der Waals surface area contributed by atoms with Gasteiger partial charge in [0.15, 0.2) is 5.82 Å². The molecular formula is C12H21N3O3. The van der Waals surface area contributed by atoms with Gasteiger partial charge in [-0.2, -0.15) is 4.98 Å². The van der Waals surface area contributed by atoms with Gasteiger partial charge in [-0.25, -0.2) is 4.98 Å². The Hall–Kier alpha value is -1.40. The number of nitrogens with two attached hydrogens (primary N) is 1. The Morgan fingerprint density at radius 1 is 1.22 bits per heavy atom. The molecule has 1 heterocycles. The summed E-state index contributed by atoms with van der Waals surface area (Å²) in [5.41, 5.74) is 5.47. The van der Waals surface area contributed by atoms with Crippen LogP contribution in [0.25, 0.3) is 0 Å². The van der Waals surface area contributed by atoms with E-state index < -0.39 is 0 Å². The minimum Gasteiger partial charge on any atom is -0.475 e. The maximum Gasteiger partial charge on any atom is 0.218 e. The number of rotatable bonds is 6. The molecule has 6 heteroatoms. The van der Waals surface area contributed by atoms with Crippen LogP contribution in [-0.4, -0.2) is 35.9 Å². The smallest absolute Gasteiger partial charge is 0.218 e. The Morgan fingerprint density at radius 3 is 2.56 bits per heavy atom. The third-order valence-electron chi connectivity index (χ3n) is 1.91. The van der Waals surface area contributed by atoms with Crippen molar-refractivity contribution in [3.8, 4) is 5.88 Å². The van der Waals surface area contributed by atoms with Crippen molar-refractivity contribution in [1.82, 2.24) is 9.97 Å². The van der Waals surface area contributed by atoms with Crippen LogP contribution in [0.5, 0.6) is 5.88 Å². The zero-order chi connectivity index (χ0) is 13.6. The van der Waals surface area contributed by atoms with Crippen molar-refractivity contribution >= 4 is 5.82 Å². The SMILES string of the molecule is COCc1nc(N)cc(OCCOC(C)(C)C)n1. The van der Waals surface area contributed by atoms with Crippen LogP contribution in [0, 0.1) is 0 Å². The lowest BCUT2D eigenvalue weighted by Crippen LogP contribution is -2.22. The fraction of sp³-hybridized carbons (Fsp3) is 0.667. The fourth-order valence-electron chi connectivity index (χ4n) is 1.25. The molecule has 0 saturated heterocycles. The molecule has 0 amide bonds. The molecule has 18 heavy (non-hydrogen) atoms. The van der Waals surface area contributed by atoms with Crippen molar-refractivity contribution in [2.45, 2.75) is 33.0 Å². The molecule has 6 nitrogen and oxygen atoms in total. The third-order valence-corrected chi connectivity index (χ3v) is 1.91. The van der Waals surface area contributed by atoms with Gasteiger partial charge < -0.3 is 19.9 Å². The number of hydrogen-bond acceptors (Lipinski definition) is 6. The molecule has 102 valence electrons. The van der Waals surface area contributed by atoms with E-state index in [-0.39, 0.29) is 5.60 Å². The van der Waals surface area contributed by atoms with Gasteiger partial charge in [-0.1, -0.05) is 0 Å². The van der Waals surface area contributed by atoms with Gasteiger partial charge in [-0.05, 0) is 20.8 Å². The Labute approximate surface area is 107 Å². The maximum absolute atomic E-state index is 5.65. The van der Waals surface area contributed by atoms with Crippen LogP contribution in [0.15, 0.2) is 6.07 Å². The van der Waals surface area contributed by atoms with Crippen molar-refractivity contribution in [3.05, 3.63) is 11.9 Å². The number of ether oxygens (including phenoxy) is 3. The molecule has 0 unspecified atom stereocenters. The number of aromatic nitrogens is 2. The fourth-order valence-corrected chi connectivity index (χ4v) is 1.25. The molecule has 0 fully saturated rings. The van der Waals surface area contributed by atoms with E-state index >= 15 is 0 Å². The quantitative estimate of drug-likeness (QED) is 0.774.